The molecule has 0 aromatic heterocycles. The molecule has 0 amide bonds. The Hall–Kier alpha value is -1.75. The van der Waals surface area contributed by atoms with Gasteiger partial charge in [-0.25, -0.2) is 4.79 Å². The second-order valence-corrected chi connectivity index (χ2v) is 4.51. The first-order chi connectivity index (χ1) is 9.62. The Morgan fingerprint density at radius 3 is 2.65 bits per heavy atom. The molecule has 0 aliphatic rings. The highest BCUT2D eigenvalue weighted by Gasteiger charge is 2.19. The quantitative estimate of drug-likeness (QED) is 0.680. The monoisotopic (exact) mass is 281 g/mol. The van der Waals surface area contributed by atoms with Crippen LogP contribution in [0.3, 0.4) is 0 Å². The number of rotatable bonds is 9. The largest absolute Gasteiger partial charge is 0.493 e. The number of carbonyl (C=O) groups is 1. The van der Waals surface area contributed by atoms with Crippen molar-refractivity contribution in [1.29, 1.82) is 0 Å². The van der Waals surface area contributed by atoms with Crippen LogP contribution in [0, 0.1) is 0 Å². The van der Waals surface area contributed by atoms with Gasteiger partial charge in [-0.15, -0.1) is 0 Å². The summed E-state index contributed by atoms with van der Waals surface area (Å²) in [5, 5.41) is 12.4. The van der Waals surface area contributed by atoms with Crippen LogP contribution in [0.4, 0.5) is 0 Å². The number of aliphatic carboxylic acids is 1. The Labute approximate surface area is 119 Å². The highest BCUT2D eigenvalue weighted by Crippen LogP contribution is 2.29. The lowest BCUT2D eigenvalue weighted by atomic mass is 10.2. The molecule has 1 aromatic rings. The van der Waals surface area contributed by atoms with E-state index in [1.807, 2.05) is 12.1 Å². The Morgan fingerprint density at radius 1 is 1.35 bits per heavy atom. The summed E-state index contributed by atoms with van der Waals surface area (Å²) in [6.45, 7) is 5.54. The molecule has 5 heteroatoms. The van der Waals surface area contributed by atoms with Gasteiger partial charge in [0.05, 0.1) is 7.11 Å². The van der Waals surface area contributed by atoms with E-state index in [2.05, 4.69) is 12.2 Å². The van der Waals surface area contributed by atoms with Crippen molar-refractivity contribution in [3.05, 3.63) is 23.8 Å². The highest BCUT2D eigenvalue weighted by molar-refractivity contribution is 5.72. The Kier molecular flexibility index (Phi) is 6.87. The molecule has 0 aliphatic heterocycles. The van der Waals surface area contributed by atoms with Crippen LogP contribution < -0.4 is 14.8 Å². The van der Waals surface area contributed by atoms with Gasteiger partial charge in [-0.1, -0.05) is 19.9 Å². The summed E-state index contributed by atoms with van der Waals surface area (Å²) in [6.07, 6.45) is 0.607. The molecule has 0 heterocycles. The summed E-state index contributed by atoms with van der Waals surface area (Å²) < 4.78 is 10.8. The number of methoxy groups -OCH3 is 1. The molecule has 1 aromatic carbocycles. The van der Waals surface area contributed by atoms with Crippen molar-refractivity contribution in [3.63, 3.8) is 0 Å². The number of ether oxygens (including phenoxy) is 2. The molecule has 112 valence electrons. The van der Waals surface area contributed by atoms with Gasteiger partial charge in [0.1, 0.15) is 0 Å². The lowest BCUT2D eigenvalue weighted by molar-refractivity contribution is -0.145. The molecular formula is C15H23NO4. The van der Waals surface area contributed by atoms with Gasteiger partial charge in [0, 0.05) is 6.54 Å². The van der Waals surface area contributed by atoms with Crippen molar-refractivity contribution < 1.29 is 19.4 Å². The molecule has 0 aliphatic carbocycles. The molecule has 0 radical (unpaired) electrons. The van der Waals surface area contributed by atoms with E-state index in [0.29, 0.717) is 17.9 Å². The zero-order valence-electron chi connectivity index (χ0n) is 12.3. The average molecular weight is 281 g/mol. The third-order valence-corrected chi connectivity index (χ3v) is 2.90. The maximum absolute atomic E-state index is 11.1. The first kappa shape index (κ1) is 16.3. The minimum Gasteiger partial charge on any atom is -0.493 e. The fourth-order valence-electron chi connectivity index (χ4n) is 1.79. The van der Waals surface area contributed by atoms with Gasteiger partial charge < -0.3 is 19.9 Å². The van der Waals surface area contributed by atoms with Gasteiger partial charge in [-0.3, -0.25) is 0 Å². The highest BCUT2D eigenvalue weighted by atomic mass is 16.5. The first-order valence-corrected chi connectivity index (χ1v) is 6.89. The summed E-state index contributed by atoms with van der Waals surface area (Å²) in [5.74, 6) is 0.0468. The summed E-state index contributed by atoms with van der Waals surface area (Å²) >= 11 is 0. The normalized spacial score (nSPS) is 11.9. The molecule has 0 saturated heterocycles. The number of hydrogen-bond acceptors (Lipinski definition) is 4. The average Bonchev–Trinajstić information content (AvgIpc) is 2.45. The van der Waals surface area contributed by atoms with Crippen molar-refractivity contribution in [1.82, 2.24) is 5.32 Å². The van der Waals surface area contributed by atoms with Crippen LogP contribution in [0.5, 0.6) is 11.5 Å². The van der Waals surface area contributed by atoms with E-state index in [4.69, 9.17) is 14.6 Å². The SMILES string of the molecule is CCCNCc1ccc(OC)c(OC(CC)C(=O)O)c1. The number of nitrogens with one attached hydrogen (secondary N) is 1. The fourth-order valence-corrected chi connectivity index (χ4v) is 1.79. The van der Waals surface area contributed by atoms with Crippen LogP contribution in [-0.4, -0.2) is 30.8 Å². The molecule has 20 heavy (non-hydrogen) atoms. The van der Waals surface area contributed by atoms with E-state index in [0.717, 1.165) is 25.1 Å². The minimum absolute atomic E-state index is 0.400. The van der Waals surface area contributed by atoms with Gasteiger partial charge >= 0.3 is 5.97 Å². The van der Waals surface area contributed by atoms with E-state index in [1.54, 1.807) is 20.1 Å². The summed E-state index contributed by atoms with van der Waals surface area (Å²) in [6, 6.07) is 5.57. The van der Waals surface area contributed by atoms with Gasteiger partial charge in [0.2, 0.25) is 0 Å². The van der Waals surface area contributed by atoms with E-state index in [-0.39, 0.29) is 0 Å². The second kappa shape index (κ2) is 8.43. The fraction of sp³-hybridized carbons (Fsp3) is 0.533. The summed E-state index contributed by atoms with van der Waals surface area (Å²) in [5.41, 5.74) is 1.04. The van der Waals surface area contributed by atoms with Crippen molar-refractivity contribution in [3.8, 4) is 11.5 Å². The third kappa shape index (κ3) is 4.74. The van der Waals surface area contributed by atoms with Crippen LogP contribution in [0.15, 0.2) is 18.2 Å². The molecule has 2 N–H and O–H groups in total. The number of benzene rings is 1. The third-order valence-electron chi connectivity index (χ3n) is 2.90. The van der Waals surface area contributed by atoms with Crippen LogP contribution in [-0.2, 0) is 11.3 Å². The number of carboxylic acid groups (broad SMARTS) is 1. The van der Waals surface area contributed by atoms with E-state index in [1.165, 1.54) is 0 Å². The van der Waals surface area contributed by atoms with E-state index < -0.39 is 12.1 Å². The Bertz CT molecular complexity index is 434. The Balaban J connectivity index is 2.85. The first-order valence-electron chi connectivity index (χ1n) is 6.89. The predicted molar refractivity (Wildman–Crippen MR) is 77.3 cm³/mol. The molecule has 0 saturated carbocycles. The van der Waals surface area contributed by atoms with Crippen LogP contribution in [0.2, 0.25) is 0 Å². The molecule has 1 atom stereocenters. The van der Waals surface area contributed by atoms with Crippen LogP contribution >= 0.6 is 0 Å². The van der Waals surface area contributed by atoms with Crippen molar-refractivity contribution in [2.45, 2.75) is 39.3 Å². The maximum atomic E-state index is 11.1. The van der Waals surface area contributed by atoms with Crippen molar-refractivity contribution in [2.24, 2.45) is 0 Å². The number of hydrogen-bond donors (Lipinski definition) is 2. The molecule has 1 unspecified atom stereocenters. The molecule has 0 fully saturated rings. The second-order valence-electron chi connectivity index (χ2n) is 4.51. The standard InChI is InChI=1S/C15H23NO4/c1-4-8-16-10-11-6-7-13(19-3)14(9-11)20-12(5-2)15(17)18/h6-7,9,12,16H,4-5,8,10H2,1-3H3,(H,17,18). The van der Waals surface area contributed by atoms with Crippen molar-refractivity contribution >= 4 is 5.97 Å². The smallest absolute Gasteiger partial charge is 0.344 e. The molecule has 5 nitrogen and oxygen atoms in total. The lowest BCUT2D eigenvalue weighted by Crippen LogP contribution is -2.26. The van der Waals surface area contributed by atoms with E-state index >= 15 is 0 Å². The summed E-state index contributed by atoms with van der Waals surface area (Å²) in [4.78, 5) is 11.1. The Morgan fingerprint density at radius 2 is 2.10 bits per heavy atom. The zero-order valence-corrected chi connectivity index (χ0v) is 12.3. The number of carboxylic acids is 1. The topological polar surface area (TPSA) is 67.8 Å². The van der Waals surface area contributed by atoms with E-state index in [9.17, 15) is 4.79 Å². The van der Waals surface area contributed by atoms with Gasteiger partial charge in [-0.05, 0) is 37.1 Å². The van der Waals surface area contributed by atoms with Gasteiger partial charge in [0.25, 0.3) is 0 Å². The van der Waals surface area contributed by atoms with Crippen LogP contribution in [0.25, 0.3) is 0 Å². The summed E-state index contributed by atoms with van der Waals surface area (Å²) in [7, 11) is 1.54. The molecule has 0 bridgehead atoms. The minimum atomic E-state index is -0.968. The molecule has 0 spiro atoms. The zero-order chi connectivity index (χ0) is 15.0. The van der Waals surface area contributed by atoms with Crippen molar-refractivity contribution in [2.75, 3.05) is 13.7 Å². The van der Waals surface area contributed by atoms with Crippen LogP contribution in [0.1, 0.15) is 32.3 Å². The van der Waals surface area contributed by atoms with Gasteiger partial charge in [-0.2, -0.15) is 0 Å². The molecule has 1 rings (SSSR count). The van der Waals surface area contributed by atoms with Gasteiger partial charge in [0.15, 0.2) is 17.6 Å². The predicted octanol–water partition coefficient (Wildman–Crippen LogP) is 2.44. The molecular weight excluding hydrogens is 258 g/mol. The lowest BCUT2D eigenvalue weighted by Gasteiger charge is -2.17. The maximum Gasteiger partial charge on any atom is 0.344 e.